The van der Waals surface area contributed by atoms with Gasteiger partial charge < -0.3 is 5.11 Å². The van der Waals surface area contributed by atoms with Crippen LogP contribution in [0.4, 0.5) is 0 Å². The van der Waals surface area contributed by atoms with E-state index < -0.39 is 0 Å². The van der Waals surface area contributed by atoms with Crippen molar-refractivity contribution in [3.8, 4) is 5.75 Å². The van der Waals surface area contributed by atoms with Crippen molar-refractivity contribution in [1.29, 1.82) is 0 Å². The van der Waals surface area contributed by atoms with Gasteiger partial charge in [0.15, 0.2) is 0 Å². The number of phenolic OH excluding ortho intramolecular Hbond substituents is 1. The first-order chi connectivity index (χ1) is 9.61. The van der Waals surface area contributed by atoms with Crippen molar-refractivity contribution < 1.29 is 5.11 Å². The molecular formula is C16H15BrClNO. The second-order valence-electron chi connectivity index (χ2n) is 5.23. The van der Waals surface area contributed by atoms with Gasteiger partial charge >= 0.3 is 0 Å². The Morgan fingerprint density at radius 2 is 1.95 bits per heavy atom. The third-order valence-electron chi connectivity index (χ3n) is 3.65. The highest BCUT2D eigenvalue weighted by atomic mass is 79.9. The Morgan fingerprint density at radius 1 is 1.20 bits per heavy atom. The zero-order valence-corrected chi connectivity index (χ0v) is 13.2. The van der Waals surface area contributed by atoms with E-state index in [0.29, 0.717) is 10.9 Å². The molecule has 1 heterocycles. The fourth-order valence-corrected chi connectivity index (χ4v) is 3.55. The van der Waals surface area contributed by atoms with Crippen LogP contribution in [0.2, 0.25) is 5.02 Å². The summed E-state index contributed by atoms with van der Waals surface area (Å²) in [5, 5.41) is 10.1. The SMILES string of the molecule is Oc1cc(Cl)cc(CN2CC(c3ccccc3Br)C2)c1. The van der Waals surface area contributed by atoms with E-state index in [0.717, 1.165) is 25.2 Å². The molecule has 1 aliphatic heterocycles. The second kappa shape index (κ2) is 5.76. The molecule has 1 N–H and O–H groups in total. The summed E-state index contributed by atoms with van der Waals surface area (Å²) < 4.78 is 1.19. The van der Waals surface area contributed by atoms with Crippen molar-refractivity contribution in [2.24, 2.45) is 0 Å². The normalized spacial score (nSPS) is 16.1. The lowest BCUT2D eigenvalue weighted by Gasteiger charge is -2.40. The summed E-state index contributed by atoms with van der Waals surface area (Å²) in [6.07, 6.45) is 0. The molecule has 1 aliphatic rings. The molecular weight excluding hydrogens is 338 g/mol. The highest BCUT2D eigenvalue weighted by Gasteiger charge is 2.29. The van der Waals surface area contributed by atoms with E-state index >= 15 is 0 Å². The summed E-state index contributed by atoms with van der Waals surface area (Å²) >= 11 is 9.56. The first-order valence-electron chi connectivity index (χ1n) is 6.57. The monoisotopic (exact) mass is 351 g/mol. The molecule has 3 rings (SSSR count). The highest BCUT2D eigenvalue weighted by molar-refractivity contribution is 9.10. The third-order valence-corrected chi connectivity index (χ3v) is 4.59. The van der Waals surface area contributed by atoms with E-state index in [1.165, 1.54) is 10.0 Å². The van der Waals surface area contributed by atoms with Crippen molar-refractivity contribution in [3.63, 3.8) is 0 Å². The van der Waals surface area contributed by atoms with Crippen LogP contribution in [0.5, 0.6) is 5.75 Å². The Morgan fingerprint density at radius 3 is 2.65 bits per heavy atom. The quantitative estimate of drug-likeness (QED) is 0.884. The molecule has 0 bridgehead atoms. The number of hydrogen-bond donors (Lipinski definition) is 1. The van der Waals surface area contributed by atoms with E-state index in [2.05, 4.69) is 39.0 Å². The van der Waals surface area contributed by atoms with E-state index in [1.54, 1.807) is 12.1 Å². The van der Waals surface area contributed by atoms with E-state index in [4.69, 9.17) is 11.6 Å². The van der Waals surface area contributed by atoms with Gasteiger partial charge in [-0.15, -0.1) is 0 Å². The summed E-state index contributed by atoms with van der Waals surface area (Å²) in [6.45, 7) is 2.90. The minimum absolute atomic E-state index is 0.232. The first-order valence-corrected chi connectivity index (χ1v) is 7.74. The Kier molecular flexibility index (Phi) is 4.01. The third kappa shape index (κ3) is 3.00. The van der Waals surface area contributed by atoms with Gasteiger partial charge in [0.2, 0.25) is 0 Å². The standard InChI is InChI=1S/C16H15BrClNO/c17-16-4-2-1-3-15(16)12-9-19(10-12)8-11-5-13(18)7-14(20)6-11/h1-7,12,20H,8-10H2. The Bertz CT molecular complexity index is 605. The molecule has 2 aromatic rings. The minimum atomic E-state index is 0.232. The van der Waals surface area contributed by atoms with Crippen molar-refractivity contribution >= 4 is 27.5 Å². The predicted octanol–water partition coefficient (Wildman–Crippen LogP) is 4.41. The summed E-state index contributed by atoms with van der Waals surface area (Å²) in [7, 11) is 0. The maximum atomic E-state index is 9.55. The average molecular weight is 353 g/mol. The Labute approximate surface area is 132 Å². The van der Waals surface area contributed by atoms with Gasteiger partial charge in [0.05, 0.1) is 0 Å². The van der Waals surface area contributed by atoms with Crippen LogP contribution in [0, 0.1) is 0 Å². The zero-order chi connectivity index (χ0) is 14.1. The van der Waals surface area contributed by atoms with Crippen molar-refractivity contribution in [2.45, 2.75) is 12.5 Å². The summed E-state index contributed by atoms with van der Waals surface area (Å²) in [5.74, 6) is 0.814. The van der Waals surface area contributed by atoms with E-state index in [1.807, 2.05) is 12.1 Å². The molecule has 0 spiro atoms. The number of likely N-dealkylation sites (tertiary alicyclic amines) is 1. The largest absolute Gasteiger partial charge is 0.508 e. The minimum Gasteiger partial charge on any atom is -0.508 e. The molecule has 0 saturated carbocycles. The molecule has 0 radical (unpaired) electrons. The molecule has 4 heteroatoms. The topological polar surface area (TPSA) is 23.5 Å². The summed E-state index contributed by atoms with van der Waals surface area (Å²) in [6, 6.07) is 13.6. The average Bonchev–Trinajstić information content (AvgIpc) is 2.33. The lowest BCUT2D eigenvalue weighted by molar-refractivity contribution is 0.139. The molecule has 1 saturated heterocycles. The lowest BCUT2D eigenvalue weighted by Crippen LogP contribution is -2.44. The smallest absolute Gasteiger partial charge is 0.117 e. The number of rotatable bonds is 3. The van der Waals surface area contributed by atoms with Crippen molar-refractivity contribution in [2.75, 3.05) is 13.1 Å². The maximum absolute atomic E-state index is 9.55. The van der Waals surface area contributed by atoms with Crippen LogP contribution in [-0.4, -0.2) is 23.1 Å². The fourth-order valence-electron chi connectivity index (χ4n) is 2.68. The molecule has 104 valence electrons. The maximum Gasteiger partial charge on any atom is 0.117 e. The van der Waals surface area contributed by atoms with Crippen LogP contribution in [0.3, 0.4) is 0 Å². The number of aromatic hydroxyl groups is 1. The van der Waals surface area contributed by atoms with Gasteiger partial charge in [-0.1, -0.05) is 45.7 Å². The van der Waals surface area contributed by atoms with Gasteiger partial charge in [-0.05, 0) is 35.4 Å². The number of nitrogens with zero attached hydrogens (tertiary/aromatic N) is 1. The van der Waals surface area contributed by atoms with Crippen LogP contribution in [0.15, 0.2) is 46.9 Å². The van der Waals surface area contributed by atoms with E-state index in [9.17, 15) is 5.11 Å². The number of phenols is 1. The van der Waals surface area contributed by atoms with Crippen LogP contribution >= 0.6 is 27.5 Å². The molecule has 1 fully saturated rings. The molecule has 20 heavy (non-hydrogen) atoms. The Hall–Kier alpha value is -1.03. The first kappa shape index (κ1) is 13.9. The van der Waals surface area contributed by atoms with Gasteiger partial charge in [0.25, 0.3) is 0 Å². The van der Waals surface area contributed by atoms with Crippen LogP contribution in [-0.2, 0) is 6.54 Å². The molecule has 2 nitrogen and oxygen atoms in total. The molecule has 0 amide bonds. The predicted molar refractivity (Wildman–Crippen MR) is 85.3 cm³/mol. The number of benzene rings is 2. The zero-order valence-electron chi connectivity index (χ0n) is 10.9. The summed E-state index contributed by atoms with van der Waals surface area (Å²) in [4.78, 5) is 2.36. The highest BCUT2D eigenvalue weighted by Crippen LogP contribution is 2.33. The van der Waals surface area contributed by atoms with Crippen molar-refractivity contribution in [3.05, 3.63) is 63.1 Å². The van der Waals surface area contributed by atoms with Gasteiger partial charge in [-0.2, -0.15) is 0 Å². The Balaban J connectivity index is 1.62. The van der Waals surface area contributed by atoms with Crippen LogP contribution in [0.25, 0.3) is 0 Å². The molecule has 0 atom stereocenters. The summed E-state index contributed by atoms with van der Waals surface area (Å²) in [5.41, 5.74) is 2.43. The van der Waals surface area contributed by atoms with Gasteiger partial charge in [0, 0.05) is 35.0 Å². The van der Waals surface area contributed by atoms with Gasteiger partial charge in [-0.3, -0.25) is 4.90 Å². The van der Waals surface area contributed by atoms with Gasteiger partial charge in [-0.25, -0.2) is 0 Å². The molecule has 0 aromatic heterocycles. The van der Waals surface area contributed by atoms with Gasteiger partial charge in [0.1, 0.15) is 5.75 Å². The van der Waals surface area contributed by atoms with Crippen LogP contribution < -0.4 is 0 Å². The van der Waals surface area contributed by atoms with Crippen molar-refractivity contribution in [1.82, 2.24) is 4.90 Å². The lowest BCUT2D eigenvalue weighted by atomic mass is 9.91. The van der Waals surface area contributed by atoms with Crippen LogP contribution in [0.1, 0.15) is 17.0 Å². The number of halogens is 2. The molecule has 0 unspecified atom stereocenters. The molecule has 0 aliphatic carbocycles. The second-order valence-corrected chi connectivity index (χ2v) is 6.52. The fraction of sp³-hybridized carbons (Fsp3) is 0.250. The van der Waals surface area contributed by atoms with E-state index in [-0.39, 0.29) is 5.75 Å². The molecule has 2 aromatic carbocycles. The number of hydrogen-bond acceptors (Lipinski definition) is 2.